The Balaban J connectivity index is 3.40. The van der Waals surface area contributed by atoms with E-state index in [1.807, 2.05) is 32.2 Å². The summed E-state index contributed by atoms with van der Waals surface area (Å²) in [4.78, 5) is 52.7. The van der Waals surface area contributed by atoms with Gasteiger partial charge in [-0.3, -0.25) is 14.4 Å². The van der Waals surface area contributed by atoms with Gasteiger partial charge in [0.15, 0.2) is 0 Å². The van der Waals surface area contributed by atoms with Crippen LogP contribution in [-0.2, 0) is 23.9 Å². The summed E-state index contributed by atoms with van der Waals surface area (Å²) < 4.78 is 9.99. The first kappa shape index (κ1) is 30.3. The summed E-state index contributed by atoms with van der Waals surface area (Å²) in [5, 5.41) is 5.26. The number of alkyl carbamates (subject to hydrolysis) is 1. The van der Waals surface area contributed by atoms with Gasteiger partial charge < -0.3 is 25.0 Å². The standard InChI is InChI=1S/C25H39N3O6S/c1-9-28(23(31)19(13-14-35-8)27-24(32)34-25(4,5)6)21(22(30)26-15-20(29)33-7)18-12-10-11-16(2)17(18)3/h10-12,19,21H,9,13-15H2,1-8H3,(H,26,30)(H,27,32). The number of thioether (sulfide) groups is 1. The number of hydrogen-bond acceptors (Lipinski definition) is 7. The van der Waals surface area contributed by atoms with E-state index in [2.05, 4.69) is 15.4 Å². The number of carbonyl (C=O) groups excluding carboxylic acids is 4. The predicted octanol–water partition coefficient (Wildman–Crippen LogP) is 3.13. The third-order valence-corrected chi connectivity index (χ3v) is 6.00. The summed E-state index contributed by atoms with van der Waals surface area (Å²) in [7, 11) is 1.23. The minimum atomic E-state index is -1.01. The number of carbonyl (C=O) groups is 4. The van der Waals surface area contributed by atoms with E-state index in [1.54, 1.807) is 45.5 Å². The molecule has 0 aliphatic carbocycles. The second-order valence-corrected chi connectivity index (χ2v) is 10.1. The summed E-state index contributed by atoms with van der Waals surface area (Å²) in [6.07, 6.45) is 1.57. The molecule has 2 unspecified atom stereocenters. The van der Waals surface area contributed by atoms with Gasteiger partial charge in [0.25, 0.3) is 0 Å². The Morgan fingerprint density at radius 2 is 1.80 bits per heavy atom. The van der Waals surface area contributed by atoms with Crippen molar-refractivity contribution in [3.8, 4) is 0 Å². The number of likely N-dealkylation sites (N-methyl/N-ethyl adjacent to an activating group) is 1. The minimum Gasteiger partial charge on any atom is -0.468 e. The SMILES string of the molecule is CCN(C(=O)C(CCSC)NC(=O)OC(C)(C)C)C(C(=O)NCC(=O)OC)c1cccc(C)c1C. The molecule has 196 valence electrons. The van der Waals surface area contributed by atoms with Gasteiger partial charge in [0.1, 0.15) is 24.2 Å². The van der Waals surface area contributed by atoms with Crippen LogP contribution in [0.25, 0.3) is 0 Å². The Hall–Kier alpha value is -2.75. The highest BCUT2D eigenvalue weighted by molar-refractivity contribution is 7.98. The molecule has 0 saturated carbocycles. The van der Waals surface area contributed by atoms with Crippen LogP contribution in [-0.4, -0.2) is 72.6 Å². The Morgan fingerprint density at radius 3 is 2.34 bits per heavy atom. The van der Waals surface area contributed by atoms with Crippen molar-refractivity contribution in [3.63, 3.8) is 0 Å². The van der Waals surface area contributed by atoms with Gasteiger partial charge in [0.2, 0.25) is 11.8 Å². The molecule has 0 spiro atoms. The lowest BCUT2D eigenvalue weighted by Crippen LogP contribution is -2.53. The van der Waals surface area contributed by atoms with Gasteiger partial charge in [-0.25, -0.2) is 4.79 Å². The Bertz CT molecular complexity index is 900. The van der Waals surface area contributed by atoms with Gasteiger partial charge in [-0.1, -0.05) is 18.2 Å². The zero-order chi connectivity index (χ0) is 26.8. The highest BCUT2D eigenvalue weighted by atomic mass is 32.2. The first-order chi connectivity index (χ1) is 16.4. The summed E-state index contributed by atoms with van der Waals surface area (Å²) in [5.41, 5.74) is 1.74. The third kappa shape index (κ3) is 9.43. The van der Waals surface area contributed by atoms with E-state index in [0.717, 1.165) is 11.1 Å². The van der Waals surface area contributed by atoms with Crippen LogP contribution < -0.4 is 10.6 Å². The lowest BCUT2D eigenvalue weighted by atomic mass is 9.95. The second kappa shape index (κ2) is 14.0. The molecule has 1 rings (SSSR count). The number of methoxy groups -OCH3 is 1. The molecule has 0 heterocycles. The van der Waals surface area contributed by atoms with Crippen molar-refractivity contribution >= 4 is 35.6 Å². The molecule has 0 aromatic heterocycles. The highest BCUT2D eigenvalue weighted by Gasteiger charge is 2.36. The number of rotatable bonds is 11. The zero-order valence-electron chi connectivity index (χ0n) is 22.0. The number of ether oxygens (including phenoxy) is 2. The third-order valence-electron chi connectivity index (χ3n) is 5.36. The zero-order valence-corrected chi connectivity index (χ0v) is 22.8. The number of esters is 1. The maximum atomic E-state index is 13.8. The fourth-order valence-electron chi connectivity index (χ4n) is 3.46. The average molecular weight is 510 g/mol. The molecule has 0 bridgehead atoms. The first-order valence-corrected chi connectivity index (χ1v) is 12.9. The molecule has 10 heteroatoms. The van der Waals surface area contributed by atoms with Crippen molar-refractivity contribution < 1.29 is 28.7 Å². The maximum Gasteiger partial charge on any atom is 0.408 e. The Labute approximate surface area is 212 Å². The molecule has 0 aliphatic rings. The van der Waals surface area contributed by atoms with Crippen molar-refractivity contribution in [3.05, 3.63) is 34.9 Å². The first-order valence-electron chi connectivity index (χ1n) is 11.6. The van der Waals surface area contributed by atoms with Gasteiger partial charge in [-0.2, -0.15) is 11.8 Å². The number of aryl methyl sites for hydroxylation is 1. The summed E-state index contributed by atoms with van der Waals surface area (Å²) in [5.74, 6) is -0.907. The lowest BCUT2D eigenvalue weighted by molar-refractivity contribution is -0.144. The number of nitrogens with zero attached hydrogens (tertiary/aromatic N) is 1. The van der Waals surface area contributed by atoms with Crippen LogP contribution in [0.5, 0.6) is 0 Å². The molecule has 2 atom stereocenters. The van der Waals surface area contributed by atoms with Crippen LogP contribution in [0.1, 0.15) is 56.8 Å². The highest BCUT2D eigenvalue weighted by Crippen LogP contribution is 2.27. The molecule has 1 aromatic carbocycles. The fourth-order valence-corrected chi connectivity index (χ4v) is 3.93. The quantitative estimate of drug-likeness (QED) is 0.441. The number of nitrogens with one attached hydrogen (secondary N) is 2. The van der Waals surface area contributed by atoms with E-state index in [9.17, 15) is 19.2 Å². The largest absolute Gasteiger partial charge is 0.468 e. The Morgan fingerprint density at radius 1 is 1.14 bits per heavy atom. The van der Waals surface area contributed by atoms with Crippen LogP contribution >= 0.6 is 11.8 Å². The van der Waals surface area contributed by atoms with Gasteiger partial charge in [-0.05, 0) is 76.7 Å². The van der Waals surface area contributed by atoms with Crippen molar-refractivity contribution in [1.29, 1.82) is 0 Å². The number of benzene rings is 1. The molecule has 3 amide bonds. The molecule has 1 aromatic rings. The second-order valence-electron chi connectivity index (χ2n) is 9.09. The maximum absolute atomic E-state index is 13.8. The van der Waals surface area contributed by atoms with Gasteiger partial charge in [0, 0.05) is 6.54 Å². The van der Waals surface area contributed by atoms with Crippen molar-refractivity contribution in [2.24, 2.45) is 0 Å². The molecule has 2 N–H and O–H groups in total. The average Bonchev–Trinajstić information content (AvgIpc) is 2.78. The van der Waals surface area contributed by atoms with Gasteiger partial charge in [0.05, 0.1) is 7.11 Å². The smallest absolute Gasteiger partial charge is 0.408 e. The molecule has 35 heavy (non-hydrogen) atoms. The van der Waals surface area contributed by atoms with Crippen molar-refractivity contribution in [2.75, 3.05) is 32.2 Å². The molecule has 0 aliphatic heterocycles. The lowest BCUT2D eigenvalue weighted by Gasteiger charge is -2.34. The molecular weight excluding hydrogens is 470 g/mol. The van der Waals surface area contributed by atoms with Crippen LogP contribution in [0.3, 0.4) is 0 Å². The molecule has 9 nitrogen and oxygen atoms in total. The fraction of sp³-hybridized carbons (Fsp3) is 0.600. The van der Waals surface area contributed by atoms with Crippen LogP contribution in [0.4, 0.5) is 4.79 Å². The van der Waals surface area contributed by atoms with Crippen LogP contribution in [0.2, 0.25) is 0 Å². The van der Waals surface area contributed by atoms with E-state index in [-0.39, 0.29) is 13.1 Å². The Kier molecular flexibility index (Phi) is 12.1. The van der Waals surface area contributed by atoms with E-state index >= 15 is 0 Å². The molecule has 0 fully saturated rings. The van der Waals surface area contributed by atoms with Crippen LogP contribution in [0.15, 0.2) is 18.2 Å². The molecule has 0 radical (unpaired) electrons. The summed E-state index contributed by atoms with van der Waals surface area (Å²) >= 11 is 1.54. The minimum absolute atomic E-state index is 0.203. The van der Waals surface area contributed by atoms with E-state index in [4.69, 9.17) is 4.74 Å². The molecule has 0 saturated heterocycles. The number of amides is 3. The van der Waals surface area contributed by atoms with Gasteiger partial charge in [-0.15, -0.1) is 0 Å². The van der Waals surface area contributed by atoms with E-state index in [0.29, 0.717) is 17.7 Å². The molecular formula is C25H39N3O6S. The van der Waals surface area contributed by atoms with E-state index in [1.165, 1.54) is 12.0 Å². The van der Waals surface area contributed by atoms with E-state index < -0.39 is 41.6 Å². The summed E-state index contributed by atoms with van der Waals surface area (Å²) in [6.45, 7) is 10.7. The normalized spacial score (nSPS) is 12.8. The van der Waals surface area contributed by atoms with Crippen molar-refractivity contribution in [2.45, 2.75) is 65.6 Å². The summed E-state index contributed by atoms with van der Waals surface area (Å²) in [6, 6.07) is 3.64. The predicted molar refractivity (Wildman–Crippen MR) is 137 cm³/mol. The monoisotopic (exact) mass is 509 g/mol. The van der Waals surface area contributed by atoms with Gasteiger partial charge >= 0.3 is 12.1 Å². The van der Waals surface area contributed by atoms with Crippen LogP contribution in [0, 0.1) is 13.8 Å². The number of hydrogen-bond donors (Lipinski definition) is 2. The topological polar surface area (TPSA) is 114 Å². The van der Waals surface area contributed by atoms with Crippen molar-refractivity contribution in [1.82, 2.24) is 15.5 Å².